The Balaban J connectivity index is 2.32. The number of fused-ring (bicyclic) bond motifs is 1. The summed E-state index contributed by atoms with van der Waals surface area (Å²) in [5.41, 5.74) is 3.07. The molecule has 1 aromatic heterocycles. The zero-order valence-electron chi connectivity index (χ0n) is 9.48. The van der Waals surface area contributed by atoms with E-state index in [4.69, 9.17) is 0 Å². The number of benzene rings is 2. The molecule has 0 spiro atoms. The van der Waals surface area contributed by atoms with Crippen molar-refractivity contribution >= 4 is 17.2 Å². The molecule has 0 saturated heterocycles. The maximum Gasteiger partial charge on any atom is 0.166 e. The van der Waals surface area contributed by atoms with E-state index in [1.165, 1.54) is 12.1 Å². The molecule has 0 aliphatic heterocycles. The van der Waals surface area contributed by atoms with E-state index in [2.05, 4.69) is 4.98 Å². The van der Waals surface area contributed by atoms with E-state index in [-0.39, 0.29) is 5.82 Å². The van der Waals surface area contributed by atoms with Crippen LogP contribution in [0.1, 0.15) is 10.5 Å². The maximum atomic E-state index is 12.9. The molecule has 0 radical (unpaired) electrons. The van der Waals surface area contributed by atoms with E-state index in [1.807, 2.05) is 24.3 Å². The van der Waals surface area contributed by atoms with Crippen LogP contribution < -0.4 is 0 Å². The number of aldehydes is 1. The van der Waals surface area contributed by atoms with Gasteiger partial charge in [0.05, 0.1) is 5.69 Å². The molecule has 3 rings (SSSR count). The standard InChI is InChI=1S/C15H10FNO/c16-11-7-5-10(6-8-11)15-12-3-1-2-4-13(12)17-14(15)9-18/h1-9,17H. The van der Waals surface area contributed by atoms with Crippen LogP contribution in [0.2, 0.25) is 0 Å². The van der Waals surface area contributed by atoms with Gasteiger partial charge in [0, 0.05) is 16.5 Å². The van der Waals surface area contributed by atoms with E-state index in [1.54, 1.807) is 12.1 Å². The van der Waals surface area contributed by atoms with Crippen molar-refractivity contribution in [1.29, 1.82) is 0 Å². The van der Waals surface area contributed by atoms with Crippen LogP contribution in [-0.4, -0.2) is 11.3 Å². The van der Waals surface area contributed by atoms with Gasteiger partial charge in [-0.2, -0.15) is 0 Å². The Kier molecular flexibility index (Phi) is 2.45. The molecule has 0 amide bonds. The minimum atomic E-state index is -0.286. The Morgan fingerprint density at radius 3 is 2.44 bits per heavy atom. The fourth-order valence-electron chi connectivity index (χ4n) is 2.18. The second-order valence-electron chi connectivity index (χ2n) is 4.08. The van der Waals surface area contributed by atoms with Gasteiger partial charge in [-0.15, -0.1) is 0 Å². The monoisotopic (exact) mass is 239 g/mol. The second kappa shape index (κ2) is 4.11. The molecular weight excluding hydrogens is 229 g/mol. The fraction of sp³-hybridized carbons (Fsp3) is 0. The highest BCUT2D eigenvalue weighted by molar-refractivity contribution is 6.04. The number of para-hydroxylation sites is 1. The number of carbonyl (C=O) groups is 1. The zero-order valence-corrected chi connectivity index (χ0v) is 9.48. The van der Waals surface area contributed by atoms with Crippen LogP contribution in [0.3, 0.4) is 0 Å². The van der Waals surface area contributed by atoms with Crippen LogP contribution in [-0.2, 0) is 0 Å². The molecule has 18 heavy (non-hydrogen) atoms. The zero-order chi connectivity index (χ0) is 12.5. The third-order valence-electron chi connectivity index (χ3n) is 2.99. The van der Waals surface area contributed by atoms with Crippen LogP contribution >= 0.6 is 0 Å². The average Bonchev–Trinajstić information content (AvgIpc) is 2.78. The number of H-pyrrole nitrogens is 1. The topological polar surface area (TPSA) is 32.9 Å². The van der Waals surface area contributed by atoms with E-state index in [0.717, 1.165) is 28.3 Å². The fourth-order valence-corrected chi connectivity index (χ4v) is 2.18. The normalized spacial score (nSPS) is 10.7. The Morgan fingerprint density at radius 1 is 1.00 bits per heavy atom. The van der Waals surface area contributed by atoms with Gasteiger partial charge in [0.25, 0.3) is 0 Å². The first-order valence-electron chi connectivity index (χ1n) is 5.61. The van der Waals surface area contributed by atoms with Gasteiger partial charge in [0.1, 0.15) is 5.82 Å². The van der Waals surface area contributed by atoms with Crippen LogP contribution in [0, 0.1) is 5.82 Å². The van der Waals surface area contributed by atoms with Crippen molar-refractivity contribution in [3.8, 4) is 11.1 Å². The second-order valence-corrected chi connectivity index (χ2v) is 4.08. The molecule has 0 aliphatic carbocycles. The van der Waals surface area contributed by atoms with Crippen molar-refractivity contribution in [2.75, 3.05) is 0 Å². The van der Waals surface area contributed by atoms with Gasteiger partial charge in [-0.25, -0.2) is 4.39 Å². The average molecular weight is 239 g/mol. The quantitative estimate of drug-likeness (QED) is 0.678. The predicted octanol–water partition coefficient (Wildman–Crippen LogP) is 3.79. The summed E-state index contributed by atoms with van der Waals surface area (Å²) in [4.78, 5) is 14.2. The minimum Gasteiger partial charge on any atom is -0.352 e. The number of halogens is 1. The lowest BCUT2D eigenvalue weighted by molar-refractivity contribution is 0.112. The van der Waals surface area contributed by atoms with Gasteiger partial charge < -0.3 is 4.98 Å². The molecular formula is C15H10FNO. The molecule has 0 bridgehead atoms. The third-order valence-corrected chi connectivity index (χ3v) is 2.99. The highest BCUT2D eigenvalue weighted by Crippen LogP contribution is 2.31. The summed E-state index contributed by atoms with van der Waals surface area (Å²) in [6.07, 6.45) is 0.790. The summed E-state index contributed by atoms with van der Waals surface area (Å²) in [6.45, 7) is 0. The van der Waals surface area contributed by atoms with Gasteiger partial charge in [-0.1, -0.05) is 30.3 Å². The molecule has 3 heteroatoms. The molecule has 88 valence electrons. The molecule has 0 fully saturated rings. The van der Waals surface area contributed by atoms with Crippen molar-refractivity contribution in [1.82, 2.24) is 4.98 Å². The van der Waals surface area contributed by atoms with Crippen LogP contribution in [0.15, 0.2) is 48.5 Å². The number of aromatic nitrogens is 1. The van der Waals surface area contributed by atoms with Crippen LogP contribution in [0.5, 0.6) is 0 Å². The summed E-state index contributed by atoms with van der Waals surface area (Å²) in [5.74, 6) is -0.286. The van der Waals surface area contributed by atoms with E-state index < -0.39 is 0 Å². The molecule has 0 atom stereocenters. The van der Waals surface area contributed by atoms with Gasteiger partial charge in [-0.3, -0.25) is 4.79 Å². The number of rotatable bonds is 2. The van der Waals surface area contributed by atoms with E-state index in [0.29, 0.717) is 5.69 Å². The lowest BCUT2D eigenvalue weighted by Gasteiger charge is -2.01. The Hall–Kier alpha value is -2.42. The highest BCUT2D eigenvalue weighted by atomic mass is 19.1. The molecule has 2 aromatic carbocycles. The van der Waals surface area contributed by atoms with Crippen molar-refractivity contribution in [2.45, 2.75) is 0 Å². The summed E-state index contributed by atoms with van der Waals surface area (Å²) in [7, 11) is 0. The smallest absolute Gasteiger partial charge is 0.166 e. The van der Waals surface area contributed by atoms with Gasteiger partial charge >= 0.3 is 0 Å². The lowest BCUT2D eigenvalue weighted by atomic mass is 10.0. The molecule has 0 saturated carbocycles. The first-order chi connectivity index (χ1) is 8.79. The summed E-state index contributed by atoms with van der Waals surface area (Å²) in [6, 6.07) is 13.8. The summed E-state index contributed by atoms with van der Waals surface area (Å²) in [5, 5.41) is 0.964. The Bertz CT molecular complexity index is 713. The number of nitrogens with one attached hydrogen (secondary N) is 1. The van der Waals surface area contributed by atoms with E-state index in [9.17, 15) is 9.18 Å². The number of aromatic amines is 1. The van der Waals surface area contributed by atoms with Gasteiger partial charge in [-0.05, 0) is 23.8 Å². The Morgan fingerprint density at radius 2 is 1.72 bits per heavy atom. The molecule has 3 aromatic rings. The largest absolute Gasteiger partial charge is 0.352 e. The lowest BCUT2D eigenvalue weighted by Crippen LogP contribution is -1.84. The van der Waals surface area contributed by atoms with Crippen molar-refractivity contribution in [2.24, 2.45) is 0 Å². The van der Waals surface area contributed by atoms with Gasteiger partial charge in [0.15, 0.2) is 6.29 Å². The molecule has 0 aliphatic rings. The molecule has 1 N–H and O–H groups in total. The van der Waals surface area contributed by atoms with Crippen molar-refractivity contribution in [3.63, 3.8) is 0 Å². The molecule has 0 unspecified atom stereocenters. The molecule has 2 nitrogen and oxygen atoms in total. The number of hydrogen-bond donors (Lipinski definition) is 1. The SMILES string of the molecule is O=Cc1[nH]c2ccccc2c1-c1ccc(F)cc1. The molecule has 1 heterocycles. The van der Waals surface area contributed by atoms with Crippen LogP contribution in [0.4, 0.5) is 4.39 Å². The maximum absolute atomic E-state index is 12.9. The summed E-state index contributed by atoms with van der Waals surface area (Å²) >= 11 is 0. The third kappa shape index (κ3) is 1.61. The van der Waals surface area contributed by atoms with Crippen molar-refractivity contribution in [3.05, 3.63) is 60.0 Å². The van der Waals surface area contributed by atoms with E-state index >= 15 is 0 Å². The predicted molar refractivity (Wildman–Crippen MR) is 69.1 cm³/mol. The Labute approximate surface area is 103 Å². The number of hydrogen-bond acceptors (Lipinski definition) is 1. The first-order valence-corrected chi connectivity index (χ1v) is 5.61. The highest BCUT2D eigenvalue weighted by Gasteiger charge is 2.12. The van der Waals surface area contributed by atoms with Gasteiger partial charge in [0.2, 0.25) is 0 Å². The van der Waals surface area contributed by atoms with Crippen molar-refractivity contribution < 1.29 is 9.18 Å². The first kappa shape index (κ1) is 10.7. The van der Waals surface area contributed by atoms with Crippen LogP contribution in [0.25, 0.3) is 22.0 Å². The minimum absolute atomic E-state index is 0.286. The summed E-state index contributed by atoms with van der Waals surface area (Å²) < 4.78 is 12.9. The number of carbonyl (C=O) groups excluding carboxylic acids is 1.